The molecule has 6 nitrogen and oxygen atoms in total. The van der Waals surface area contributed by atoms with Crippen LogP contribution >= 0.6 is 15.9 Å². The molecule has 198 valence electrons. The third-order valence-corrected chi connectivity index (χ3v) is 7.95. The Balaban J connectivity index is 1.21. The van der Waals surface area contributed by atoms with Gasteiger partial charge in [-0.2, -0.15) is 0 Å². The number of nitrogens with zero attached hydrogens (tertiary/aromatic N) is 2. The van der Waals surface area contributed by atoms with E-state index in [1.54, 1.807) is 23.1 Å². The molecule has 0 radical (unpaired) electrons. The van der Waals surface area contributed by atoms with Crippen molar-refractivity contribution >= 4 is 39.1 Å². The van der Waals surface area contributed by atoms with Gasteiger partial charge in [0.05, 0.1) is 12.1 Å². The van der Waals surface area contributed by atoms with E-state index >= 15 is 0 Å². The Morgan fingerprint density at radius 3 is 2.53 bits per heavy atom. The maximum Gasteiger partial charge on any atom is 0.247 e. The first-order chi connectivity index (χ1) is 18.5. The number of hydrogen-bond donors (Lipinski definition) is 1. The third kappa shape index (κ3) is 6.18. The summed E-state index contributed by atoms with van der Waals surface area (Å²) in [5.41, 5.74) is 3.32. The molecule has 0 aliphatic carbocycles. The van der Waals surface area contributed by atoms with Crippen LogP contribution in [0.25, 0.3) is 0 Å². The van der Waals surface area contributed by atoms with Crippen LogP contribution in [0.2, 0.25) is 0 Å². The summed E-state index contributed by atoms with van der Waals surface area (Å²) in [6.07, 6.45) is 4.11. The van der Waals surface area contributed by atoms with Gasteiger partial charge in [-0.3, -0.25) is 9.59 Å². The Morgan fingerprint density at radius 2 is 1.74 bits per heavy atom. The molecule has 2 amide bonds. The Bertz CT molecular complexity index is 1290. The Hall–Kier alpha value is -3.39. The van der Waals surface area contributed by atoms with Crippen molar-refractivity contribution in [2.75, 3.05) is 29.9 Å². The molecule has 2 fully saturated rings. The highest BCUT2D eigenvalue weighted by Gasteiger charge is 2.34. The van der Waals surface area contributed by atoms with Crippen LogP contribution in [-0.4, -0.2) is 42.4 Å². The van der Waals surface area contributed by atoms with Gasteiger partial charge in [0.15, 0.2) is 0 Å². The topological polar surface area (TPSA) is 61.9 Å². The summed E-state index contributed by atoms with van der Waals surface area (Å²) in [6, 6.07) is 19.2. The first kappa shape index (κ1) is 26.2. The zero-order valence-corrected chi connectivity index (χ0v) is 22.8. The normalized spacial score (nSPS) is 17.1. The lowest BCUT2D eigenvalue weighted by Crippen LogP contribution is -2.43. The molecule has 3 aromatic carbocycles. The van der Waals surface area contributed by atoms with E-state index in [1.807, 2.05) is 24.3 Å². The van der Waals surface area contributed by atoms with Crippen LogP contribution in [0.5, 0.6) is 5.75 Å². The molecule has 2 aliphatic heterocycles. The van der Waals surface area contributed by atoms with Crippen LogP contribution in [-0.2, 0) is 22.6 Å². The van der Waals surface area contributed by atoms with Crippen molar-refractivity contribution in [1.82, 2.24) is 4.90 Å². The van der Waals surface area contributed by atoms with E-state index in [-0.39, 0.29) is 30.7 Å². The molecule has 5 rings (SSSR count). The molecule has 0 unspecified atom stereocenters. The van der Waals surface area contributed by atoms with Gasteiger partial charge in [-0.25, -0.2) is 4.39 Å². The summed E-state index contributed by atoms with van der Waals surface area (Å²) in [5, 5.41) is 2.95. The largest absolute Gasteiger partial charge is 0.487 e. The summed E-state index contributed by atoms with van der Waals surface area (Å²) >= 11 is 3.41. The van der Waals surface area contributed by atoms with Gasteiger partial charge >= 0.3 is 0 Å². The minimum absolute atomic E-state index is 0.0444. The summed E-state index contributed by atoms with van der Waals surface area (Å²) < 4.78 is 20.3. The maximum atomic E-state index is 13.7. The quantitative estimate of drug-likeness (QED) is 0.359. The minimum atomic E-state index is -0.531. The second-order valence-corrected chi connectivity index (χ2v) is 10.6. The van der Waals surface area contributed by atoms with Crippen molar-refractivity contribution < 1.29 is 18.7 Å². The van der Waals surface area contributed by atoms with Crippen LogP contribution in [0.15, 0.2) is 71.2 Å². The zero-order chi connectivity index (χ0) is 26.5. The lowest BCUT2D eigenvalue weighted by molar-refractivity contribution is -0.136. The maximum absolute atomic E-state index is 13.7. The van der Waals surface area contributed by atoms with E-state index in [2.05, 4.69) is 38.3 Å². The number of halogens is 2. The average molecular weight is 580 g/mol. The molecule has 38 heavy (non-hydrogen) atoms. The van der Waals surface area contributed by atoms with Crippen LogP contribution < -0.4 is 15.0 Å². The van der Waals surface area contributed by atoms with Gasteiger partial charge < -0.3 is 19.9 Å². The number of amides is 2. The van der Waals surface area contributed by atoms with Gasteiger partial charge in [-0.05, 0) is 73.7 Å². The number of anilines is 2. The van der Waals surface area contributed by atoms with E-state index in [0.29, 0.717) is 30.0 Å². The number of rotatable bonds is 8. The summed E-state index contributed by atoms with van der Waals surface area (Å²) in [6.45, 7) is 2.86. The highest BCUT2D eigenvalue weighted by molar-refractivity contribution is 9.10. The van der Waals surface area contributed by atoms with Crippen LogP contribution in [0.1, 0.15) is 36.8 Å². The molecule has 0 saturated carbocycles. The monoisotopic (exact) mass is 579 g/mol. The van der Waals surface area contributed by atoms with E-state index in [4.69, 9.17) is 4.74 Å². The molecule has 1 atom stereocenters. The Morgan fingerprint density at radius 1 is 0.974 bits per heavy atom. The van der Waals surface area contributed by atoms with Crippen LogP contribution in [0.4, 0.5) is 15.8 Å². The van der Waals surface area contributed by atoms with Gasteiger partial charge in [0.2, 0.25) is 11.8 Å². The van der Waals surface area contributed by atoms with Crippen molar-refractivity contribution in [2.24, 2.45) is 0 Å². The number of carbonyl (C=O) groups excluding carboxylic acids is 2. The predicted molar refractivity (Wildman–Crippen MR) is 150 cm³/mol. The van der Waals surface area contributed by atoms with Gasteiger partial charge in [0, 0.05) is 35.4 Å². The van der Waals surface area contributed by atoms with Crippen LogP contribution in [0, 0.1) is 5.82 Å². The van der Waals surface area contributed by atoms with Gasteiger partial charge in [-0.1, -0.05) is 40.2 Å². The summed E-state index contributed by atoms with van der Waals surface area (Å²) in [7, 11) is 0. The molecule has 3 aromatic rings. The number of para-hydroxylation sites is 2. The average Bonchev–Trinajstić information content (AvgIpc) is 3.63. The second-order valence-electron chi connectivity index (χ2n) is 9.79. The molecule has 0 bridgehead atoms. The number of ether oxygens (including phenoxy) is 1. The van der Waals surface area contributed by atoms with Crippen molar-refractivity contribution in [2.45, 2.75) is 44.8 Å². The number of hydrogen-bond acceptors (Lipinski definition) is 4. The fraction of sp³-hybridized carbons (Fsp3) is 0.333. The number of carbonyl (C=O) groups is 2. The molecule has 0 aromatic heterocycles. The second kappa shape index (κ2) is 12.0. The van der Waals surface area contributed by atoms with E-state index in [0.717, 1.165) is 29.5 Å². The van der Waals surface area contributed by atoms with Gasteiger partial charge in [0.25, 0.3) is 0 Å². The molecule has 1 N–H and O–H groups in total. The van der Waals surface area contributed by atoms with E-state index < -0.39 is 6.04 Å². The SMILES string of the molecule is O=C(Nc1ccccc1OCc1cc(F)ccc1Br)[C@H]1CCCN1C(=O)Cc1ccc(N2CCCC2)cc1. The fourth-order valence-electron chi connectivity index (χ4n) is 5.14. The summed E-state index contributed by atoms with van der Waals surface area (Å²) in [5.74, 6) is -0.145. The predicted octanol–water partition coefficient (Wildman–Crippen LogP) is 5.94. The Kier molecular flexibility index (Phi) is 8.27. The van der Waals surface area contributed by atoms with Crippen molar-refractivity contribution in [3.63, 3.8) is 0 Å². The molecule has 2 heterocycles. The van der Waals surface area contributed by atoms with Crippen LogP contribution in [0.3, 0.4) is 0 Å². The Labute approximate surface area is 230 Å². The van der Waals surface area contributed by atoms with Crippen molar-refractivity contribution in [1.29, 1.82) is 0 Å². The molecule has 2 saturated heterocycles. The number of benzene rings is 3. The first-order valence-corrected chi connectivity index (χ1v) is 13.9. The molecule has 0 spiro atoms. The fourth-order valence-corrected chi connectivity index (χ4v) is 5.50. The van der Waals surface area contributed by atoms with E-state index in [9.17, 15) is 14.0 Å². The highest BCUT2D eigenvalue weighted by atomic mass is 79.9. The zero-order valence-electron chi connectivity index (χ0n) is 21.2. The standard InChI is InChI=1S/C30H31BrFN3O3/c31-25-14-11-23(32)19-22(25)20-38-28-8-2-1-6-26(28)33-30(37)27-7-5-17-35(27)29(36)18-21-9-12-24(13-10-21)34-15-3-4-16-34/h1-2,6,8-14,19,27H,3-5,7,15-18,20H2,(H,33,37)/t27-/m1/s1. The molecule has 2 aliphatic rings. The lowest BCUT2D eigenvalue weighted by atomic mass is 10.1. The number of likely N-dealkylation sites (tertiary alicyclic amines) is 1. The highest BCUT2D eigenvalue weighted by Crippen LogP contribution is 2.28. The van der Waals surface area contributed by atoms with Gasteiger partial charge in [0.1, 0.15) is 24.2 Å². The third-order valence-electron chi connectivity index (χ3n) is 7.17. The van der Waals surface area contributed by atoms with Gasteiger partial charge in [-0.15, -0.1) is 0 Å². The molecular formula is C30H31BrFN3O3. The minimum Gasteiger partial charge on any atom is -0.487 e. The number of nitrogens with one attached hydrogen (secondary N) is 1. The molecular weight excluding hydrogens is 549 g/mol. The first-order valence-electron chi connectivity index (χ1n) is 13.1. The van der Waals surface area contributed by atoms with E-state index in [1.165, 1.54) is 30.7 Å². The lowest BCUT2D eigenvalue weighted by Gasteiger charge is -2.25. The molecule has 8 heteroatoms. The van der Waals surface area contributed by atoms with Crippen molar-refractivity contribution in [3.8, 4) is 5.75 Å². The van der Waals surface area contributed by atoms with Crippen molar-refractivity contribution in [3.05, 3.63) is 88.1 Å². The summed E-state index contributed by atoms with van der Waals surface area (Å²) in [4.78, 5) is 30.5. The smallest absolute Gasteiger partial charge is 0.247 e.